The Balaban J connectivity index is 2.00. The molecule has 0 radical (unpaired) electrons. The number of nitrogens with one attached hydrogen (secondary N) is 1. The van der Waals surface area contributed by atoms with Crippen LogP contribution < -0.4 is 10.2 Å². The fourth-order valence-electron chi connectivity index (χ4n) is 1.92. The van der Waals surface area contributed by atoms with E-state index in [1.54, 1.807) is 4.90 Å². The van der Waals surface area contributed by atoms with Crippen molar-refractivity contribution in [3.05, 3.63) is 29.8 Å². The quantitative estimate of drug-likeness (QED) is 0.912. The summed E-state index contributed by atoms with van der Waals surface area (Å²) in [5, 5.41) is 2.69. The molecule has 0 spiro atoms. The first-order valence-electron chi connectivity index (χ1n) is 6.75. The van der Waals surface area contributed by atoms with Crippen LogP contribution in [-0.2, 0) is 9.53 Å². The zero-order chi connectivity index (χ0) is 15.6. The van der Waals surface area contributed by atoms with E-state index >= 15 is 0 Å². The van der Waals surface area contributed by atoms with Gasteiger partial charge in [-0.05, 0) is 45.4 Å². The monoisotopic (exact) mass is 308 g/mol. The third kappa shape index (κ3) is 4.14. The number of nitrogens with zero attached hydrogens (tertiary/aromatic N) is 1. The number of benzene rings is 1. The van der Waals surface area contributed by atoms with Gasteiger partial charge in [-0.2, -0.15) is 0 Å². The van der Waals surface area contributed by atoms with Crippen molar-refractivity contribution in [1.29, 1.82) is 0 Å². The molecule has 1 unspecified atom stereocenters. The van der Waals surface area contributed by atoms with Gasteiger partial charge in [-0.1, -0.05) is 23.9 Å². The highest BCUT2D eigenvalue weighted by atomic mass is 32.2. The molecule has 1 saturated heterocycles. The van der Waals surface area contributed by atoms with E-state index in [1.165, 1.54) is 11.8 Å². The van der Waals surface area contributed by atoms with Gasteiger partial charge in [0.05, 0.1) is 5.88 Å². The second-order valence-corrected chi connectivity index (χ2v) is 7.03. The second-order valence-electron chi connectivity index (χ2n) is 6.01. The average molecular weight is 308 g/mol. The van der Waals surface area contributed by atoms with Crippen LogP contribution in [0.3, 0.4) is 0 Å². The van der Waals surface area contributed by atoms with Crippen LogP contribution in [0.5, 0.6) is 0 Å². The van der Waals surface area contributed by atoms with E-state index in [-0.39, 0.29) is 11.4 Å². The molecule has 1 aliphatic heterocycles. The fraction of sp³-hybridized carbons (Fsp3) is 0.467. The van der Waals surface area contributed by atoms with Gasteiger partial charge < -0.3 is 10.1 Å². The van der Waals surface area contributed by atoms with Gasteiger partial charge in [0.15, 0.2) is 0 Å². The van der Waals surface area contributed by atoms with Crippen LogP contribution in [0.1, 0.15) is 26.3 Å². The van der Waals surface area contributed by atoms with Gasteiger partial charge >= 0.3 is 6.09 Å². The predicted molar refractivity (Wildman–Crippen MR) is 84.3 cm³/mol. The van der Waals surface area contributed by atoms with E-state index in [2.05, 4.69) is 5.32 Å². The maximum atomic E-state index is 12.3. The Hall–Kier alpha value is -1.69. The molecule has 0 bridgehead atoms. The number of ether oxygens (including phenoxy) is 1. The molecule has 0 aromatic heterocycles. The van der Waals surface area contributed by atoms with Gasteiger partial charge in [0, 0.05) is 11.2 Å². The number of carbonyl (C=O) groups is 2. The van der Waals surface area contributed by atoms with E-state index in [1.807, 2.05) is 52.0 Å². The largest absolute Gasteiger partial charge is 0.425 e. The van der Waals surface area contributed by atoms with Gasteiger partial charge in [0.1, 0.15) is 0 Å². The summed E-state index contributed by atoms with van der Waals surface area (Å²) < 4.78 is 5.20. The molecule has 0 saturated carbocycles. The number of aryl methyl sites for hydroxylation is 1. The first-order chi connectivity index (χ1) is 9.76. The van der Waals surface area contributed by atoms with E-state index in [9.17, 15) is 9.59 Å². The molecule has 1 fully saturated rings. The number of amides is 2. The summed E-state index contributed by atoms with van der Waals surface area (Å²) in [6, 6.07) is 7.70. The standard InChI is InChI=1S/C15H20N2O3S/c1-10-6-5-7-11(8-10)17-9-21-13(12(17)18)20-14(19)16-15(2,3)4/h5-8,13H,9H2,1-4H3,(H,16,19). The maximum Gasteiger partial charge on any atom is 0.409 e. The highest BCUT2D eigenvalue weighted by molar-refractivity contribution is 8.01. The Morgan fingerprint density at radius 2 is 2.14 bits per heavy atom. The molecule has 1 N–H and O–H groups in total. The highest BCUT2D eigenvalue weighted by Crippen LogP contribution is 2.30. The normalized spacial score (nSPS) is 18.8. The van der Waals surface area contributed by atoms with Gasteiger partial charge in [0.2, 0.25) is 5.44 Å². The lowest BCUT2D eigenvalue weighted by Gasteiger charge is -2.21. The summed E-state index contributed by atoms with van der Waals surface area (Å²) in [7, 11) is 0. The smallest absolute Gasteiger partial charge is 0.409 e. The van der Waals surface area contributed by atoms with Gasteiger partial charge in [-0.15, -0.1) is 0 Å². The summed E-state index contributed by atoms with van der Waals surface area (Å²) in [5.41, 5.74) is 0.738. The first kappa shape index (κ1) is 15.7. The van der Waals surface area contributed by atoms with Crippen molar-refractivity contribution < 1.29 is 14.3 Å². The van der Waals surface area contributed by atoms with Crippen LogP contribution in [0.15, 0.2) is 24.3 Å². The van der Waals surface area contributed by atoms with Crippen LogP contribution in [0, 0.1) is 6.92 Å². The van der Waals surface area contributed by atoms with Gasteiger partial charge in [0.25, 0.3) is 5.91 Å². The van der Waals surface area contributed by atoms with Crippen LogP contribution in [0.2, 0.25) is 0 Å². The molecule has 1 aromatic rings. The van der Waals surface area contributed by atoms with E-state index in [0.29, 0.717) is 5.88 Å². The lowest BCUT2D eigenvalue weighted by atomic mass is 10.1. The number of hydrogen-bond acceptors (Lipinski definition) is 4. The topological polar surface area (TPSA) is 58.6 Å². The summed E-state index contributed by atoms with van der Waals surface area (Å²) >= 11 is 1.31. The van der Waals surface area contributed by atoms with E-state index < -0.39 is 11.5 Å². The highest BCUT2D eigenvalue weighted by Gasteiger charge is 2.36. The molecular formula is C15H20N2O3S. The molecule has 1 aromatic carbocycles. The first-order valence-corrected chi connectivity index (χ1v) is 7.79. The van der Waals surface area contributed by atoms with Gasteiger partial charge in [-0.25, -0.2) is 4.79 Å². The second kappa shape index (κ2) is 5.97. The molecule has 114 valence electrons. The third-order valence-electron chi connectivity index (χ3n) is 2.83. The van der Waals surface area contributed by atoms with Crippen molar-refractivity contribution in [2.24, 2.45) is 0 Å². The Morgan fingerprint density at radius 3 is 2.76 bits per heavy atom. The third-order valence-corrected chi connectivity index (χ3v) is 3.84. The van der Waals surface area contributed by atoms with Crippen molar-refractivity contribution >= 4 is 29.4 Å². The number of thioether (sulfide) groups is 1. The molecule has 1 heterocycles. The molecule has 0 aliphatic carbocycles. The Morgan fingerprint density at radius 1 is 1.43 bits per heavy atom. The molecular weight excluding hydrogens is 288 g/mol. The van der Waals surface area contributed by atoms with Crippen molar-refractivity contribution in [2.45, 2.75) is 38.7 Å². The fourth-order valence-corrected chi connectivity index (χ4v) is 2.91. The number of hydrogen-bond donors (Lipinski definition) is 1. The van der Waals surface area contributed by atoms with E-state index in [0.717, 1.165) is 11.3 Å². The molecule has 1 aliphatic rings. The van der Waals surface area contributed by atoms with Crippen LogP contribution >= 0.6 is 11.8 Å². The minimum atomic E-state index is -0.784. The summed E-state index contributed by atoms with van der Waals surface area (Å²) in [4.78, 5) is 25.7. The molecule has 5 nitrogen and oxygen atoms in total. The number of alkyl carbamates (subject to hydrolysis) is 1. The Bertz CT molecular complexity index is 554. The molecule has 2 rings (SSSR count). The molecule has 21 heavy (non-hydrogen) atoms. The van der Waals surface area contributed by atoms with E-state index in [4.69, 9.17) is 4.74 Å². The zero-order valence-electron chi connectivity index (χ0n) is 12.7. The summed E-state index contributed by atoms with van der Waals surface area (Å²) in [6.07, 6.45) is -0.570. The van der Waals surface area contributed by atoms with Crippen molar-refractivity contribution in [3.63, 3.8) is 0 Å². The maximum absolute atomic E-state index is 12.3. The molecule has 6 heteroatoms. The van der Waals surface area contributed by atoms with Crippen LogP contribution in [0.4, 0.5) is 10.5 Å². The molecule has 2 amide bonds. The lowest BCUT2D eigenvalue weighted by molar-refractivity contribution is -0.122. The lowest BCUT2D eigenvalue weighted by Crippen LogP contribution is -2.43. The predicted octanol–water partition coefficient (Wildman–Crippen LogP) is 2.88. The number of rotatable bonds is 2. The Kier molecular flexibility index (Phi) is 4.46. The molecule has 1 atom stereocenters. The summed E-state index contributed by atoms with van der Waals surface area (Å²) in [5.74, 6) is 0.283. The van der Waals surface area contributed by atoms with Crippen molar-refractivity contribution in [1.82, 2.24) is 5.32 Å². The van der Waals surface area contributed by atoms with Crippen LogP contribution in [0.25, 0.3) is 0 Å². The van der Waals surface area contributed by atoms with Crippen LogP contribution in [-0.4, -0.2) is 28.9 Å². The number of anilines is 1. The zero-order valence-corrected chi connectivity index (χ0v) is 13.5. The minimum Gasteiger partial charge on any atom is -0.425 e. The average Bonchev–Trinajstić information content (AvgIpc) is 2.68. The summed E-state index contributed by atoms with van der Waals surface area (Å²) in [6.45, 7) is 7.55. The number of carbonyl (C=O) groups excluding carboxylic acids is 2. The van der Waals surface area contributed by atoms with Gasteiger partial charge in [-0.3, -0.25) is 9.69 Å². The SMILES string of the molecule is Cc1cccc(N2CSC(OC(=O)NC(C)(C)C)C2=O)c1. The Labute approximate surface area is 129 Å². The van der Waals surface area contributed by atoms with Crippen molar-refractivity contribution in [3.8, 4) is 0 Å². The minimum absolute atomic E-state index is 0.199. The van der Waals surface area contributed by atoms with Crippen molar-refractivity contribution in [2.75, 3.05) is 10.8 Å².